The molecular formula is C19H38N4O. The number of aliphatic hydroxyl groups excluding tert-OH is 1. The van der Waals surface area contributed by atoms with Gasteiger partial charge in [-0.1, -0.05) is 52.4 Å². The lowest BCUT2D eigenvalue weighted by atomic mass is 10.2. The van der Waals surface area contributed by atoms with E-state index in [1.165, 1.54) is 44.9 Å². The molecule has 140 valence electrons. The molecule has 0 aliphatic carbocycles. The highest BCUT2D eigenvalue weighted by atomic mass is 16.3. The van der Waals surface area contributed by atoms with Crippen molar-refractivity contribution >= 4 is 5.96 Å². The third kappa shape index (κ3) is 9.16. The molecule has 1 aliphatic rings. The smallest absolute Gasteiger partial charge is 0.199 e. The molecule has 5 nitrogen and oxygen atoms in total. The summed E-state index contributed by atoms with van der Waals surface area (Å²) < 4.78 is 0. The highest BCUT2D eigenvalue weighted by molar-refractivity contribution is 5.82. The van der Waals surface area contributed by atoms with Gasteiger partial charge >= 0.3 is 0 Å². The Morgan fingerprint density at radius 3 is 2.54 bits per heavy atom. The lowest BCUT2D eigenvalue weighted by Crippen LogP contribution is -2.48. The molecule has 3 N–H and O–H groups in total. The number of nitrogens with one attached hydrogen (secondary N) is 2. The van der Waals surface area contributed by atoms with E-state index in [2.05, 4.69) is 35.5 Å². The van der Waals surface area contributed by atoms with Crippen LogP contribution in [0.15, 0.2) is 16.9 Å². The predicted molar refractivity (Wildman–Crippen MR) is 103 cm³/mol. The normalized spacial score (nSPS) is 16.2. The van der Waals surface area contributed by atoms with Gasteiger partial charge in [0, 0.05) is 32.8 Å². The molecule has 0 bridgehead atoms. The molecular weight excluding hydrogens is 300 g/mol. The van der Waals surface area contributed by atoms with Crippen molar-refractivity contribution in [3.63, 3.8) is 0 Å². The van der Waals surface area contributed by atoms with Crippen molar-refractivity contribution in [1.29, 1.82) is 0 Å². The van der Waals surface area contributed by atoms with Crippen molar-refractivity contribution in [3.05, 3.63) is 11.9 Å². The van der Waals surface area contributed by atoms with Gasteiger partial charge in [0.15, 0.2) is 5.96 Å². The predicted octanol–water partition coefficient (Wildman–Crippen LogP) is 3.22. The Balaban J connectivity index is 2.43. The van der Waals surface area contributed by atoms with Gasteiger partial charge in [-0.2, -0.15) is 0 Å². The van der Waals surface area contributed by atoms with Gasteiger partial charge in [-0.05, 0) is 25.3 Å². The SMILES string of the molecule is CCCCCCN=C1NC(NCCCCCC)=CCN1CCCO. The zero-order chi connectivity index (χ0) is 17.5. The van der Waals surface area contributed by atoms with E-state index in [1.807, 2.05) is 0 Å². The molecule has 0 radical (unpaired) electrons. The van der Waals surface area contributed by atoms with Crippen molar-refractivity contribution in [2.75, 3.05) is 32.8 Å². The van der Waals surface area contributed by atoms with Crippen molar-refractivity contribution < 1.29 is 5.11 Å². The Kier molecular flexibility index (Phi) is 12.3. The molecule has 1 rings (SSSR count). The van der Waals surface area contributed by atoms with E-state index >= 15 is 0 Å². The maximum absolute atomic E-state index is 9.08. The number of hydrogen-bond donors (Lipinski definition) is 3. The highest BCUT2D eigenvalue weighted by Gasteiger charge is 2.16. The Bertz CT molecular complexity index is 368. The lowest BCUT2D eigenvalue weighted by molar-refractivity contribution is 0.268. The molecule has 24 heavy (non-hydrogen) atoms. The van der Waals surface area contributed by atoms with E-state index in [-0.39, 0.29) is 6.61 Å². The second kappa shape index (κ2) is 14.1. The van der Waals surface area contributed by atoms with Gasteiger partial charge in [-0.25, -0.2) is 0 Å². The third-order valence-corrected chi connectivity index (χ3v) is 4.27. The maximum atomic E-state index is 9.08. The van der Waals surface area contributed by atoms with E-state index < -0.39 is 0 Å². The van der Waals surface area contributed by atoms with Crippen LogP contribution in [0, 0.1) is 0 Å². The second-order valence-corrected chi connectivity index (χ2v) is 6.52. The number of aliphatic imine (C=N–C) groups is 1. The number of guanidine groups is 1. The molecule has 0 saturated carbocycles. The van der Waals surface area contributed by atoms with Gasteiger partial charge in [-0.3, -0.25) is 4.99 Å². The van der Waals surface area contributed by atoms with Crippen LogP contribution in [0.3, 0.4) is 0 Å². The summed E-state index contributed by atoms with van der Waals surface area (Å²) in [6, 6.07) is 0. The molecule has 1 aliphatic heterocycles. The van der Waals surface area contributed by atoms with Gasteiger partial charge in [0.05, 0.1) is 0 Å². The molecule has 0 saturated heterocycles. The van der Waals surface area contributed by atoms with Crippen LogP contribution in [0.5, 0.6) is 0 Å². The molecule has 0 spiro atoms. The summed E-state index contributed by atoms with van der Waals surface area (Å²) in [5, 5.41) is 16.0. The van der Waals surface area contributed by atoms with Crippen LogP contribution in [-0.2, 0) is 0 Å². The molecule has 0 unspecified atom stereocenters. The zero-order valence-electron chi connectivity index (χ0n) is 15.8. The highest BCUT2D eigenvalue weighted by Crippen LogP contribution is 2.05. The fourth-order valence-electron chi connectivity index (χ4n) is 2.75. The van der Waals surface area contributed by atoms with Crippen LogP contribution >= 0.6 is 0 Å². The average Bonchev–Trinajstić information content (AvgIpc) is 2.60. The first-order valence-corrected chi connectivity index (χ1v) is 9.93. The lowest BCUT2D eigenvalue weighted by Gasteiger charge is -2.31. The minimum absolute atomic E-state index is 0.229. The number of rotatable bonds is 14. The van der Waals surface area contributed by atoms with Gasteiger partial charge < -0.3 is 20.6 Å². The molecule has 1 heterocycles. The molecule has 0 atom stereocenters. The fourth-order valence-corrected chi connectivity index (χ4v) is 2.75. The quantitative estimate of drug-likeness (QED) is 0.426. The number of hydrogen-bond acceptors (Lipinski definition) is 3. The van der Waals surface area contributed by atoms with Gasteiger partial charge in [0.25, 0.3) is 0 Å². The van der Waals surface area contributed by atoms with Gasteiger partial charge in [0.2, 0.25) is 0 Å². The first-order valence-electron chi connectivity index (χ1n) is 9.93. The van der Waals surface area contributed by atoms with Gasteiger partial charge in [0.1, 0.15) is 5.82 Å². The van der Waals surface area contributed by atoms with Gasteiger partial charge in [-0.15, -0.1) is 0 Å². The van der Waals surface area contributed by atoms with E-state index in [0.29, 0.717) is 0 Å². The van der Waals surface area contributed by atoms with Crippen molar-refractivity contribution in [2.24, 2.45) is 4.99 Å². The molecule has 5 heteroatoms. The third-order valence-electron chi connectivity index (χ3n) is 4.27. The second-order valence-electron chi connectivity index (χ2n) is 6.52. The minimum atomic E-state index is 0.229. The molecule has 0 aromatic carbocycles. The maximum Gasteiger partial charge on any atom is 0.199 e. The molecule has 0 fully saturated rings. The van der Waals surface area contributed by atoms with Crippen LogP contribution in [0.2, 0.25) is 0 Å². The average molecular weight is 339 g/mol. The Morgan fingerprint density at radius 2 is 1.83 bits per heavy atom. The summed E-state index contributed by atoms with van der Waals surface area (Å²) in [5.74, 6) is 2.04. The van der Waals surface area contributed by atoms with E-state index in [4.69, 9.17) is 10.1 Å². The summed E-state index contributed by atoms with van der Waals surface area (Å²) in [7, 11) is 0. The minimum Gasteiger partial charge on any atom is -0.396 e. The Hall–Kier alpha value is -1.23. The molecule has 0 amide bonds. The molecule has 0 aromatic heterocycles. The van der Waals surface area contributed by atoms with Crippen LogP contribution in [-0.4, -0.2) is 48.8 Å². The Labute approximate surface area is 148 Å². The largest absolute Gasteiger partial charge is 0.396 e. The summed E-state index contributed by atoms with van der Waals surface area (Å²) in [4.78, 5) is 6.99. The Morgan fingerprint density at radius 1 is 1.08 bits per heavy atom. The summed E-state index contributed by atoms with van der Waals surface area (Å²) in [6.45, 7) is 8.29. The van der Waals surface area contributed by atoms with Crippen LogP contribution < -0.4 is 10.6 Å². The number of aliphatic hydroxyl groups is 1. The first-order chi connectivity index (χ1) is 11.8. The van der Waals surface area contributed by atoms with Crippen molar-refractivity contribution in [1.82, 2.24) is 15.5 Å². The summed E-state index contributed by atoms with van der Waals surface area (Å²) in [6.07, 6.45) is 13.0. The van der Waals surface area contributed by atoms with E-state index in [9.17, 15) is 0 Å². The van der Waals surface area contributed by atoms with E-state index in [0.717, 1.165) is 50.8 Å². The topological polar surface area (TPSA) is 59.9 Å². The van der Waals surface area contributed by atoms with Crippen LogP contribution in [0.25, 0.3) is 0 Å². The summed E-state index contributed by atoms with van der Waals surface area (Å²) in [5.41, 5.74) is 0. The van der Waals surface area contributed by atoms with Crippen LogP contribution in [0.1, 0.15) is 71.6 Å². The van der Waals surface area contributed by atoms with Crippen LogP contribution in [0.4, 0.5) is 0 Å². The monoisotopic (exact) mass is 338 g/mol. The number of unbranched alkanes of at least 4 members (excludes halogenated alkanes) is 6. The summed E-state index contributed by atoms with van der Waals surface area (Å²) >= 11 is 0. The fraction of sp³-hybridized carbons (Fsp3) is 0.842. The van der Waals surface area contributed by atoms with E-state index in [1.54, 1.807) is 0 Å². The van der Waals surface area contributed by atoms with Crippen molar-refractivity contribution in [2.45, 2.75) is 71.6 Å². The van der Waals surface area contributed by atoms with Crippen molar-refractivity contribution in [3.8, 4) is 0 Å². The first kappa shape index (κ1) is 20.8. The molecule has 0 aromatic rings. The zero-order valence-corrected chi connectivity index (χ0v) is 15.8. The standard InChI is InChI=1S/C19H38N4O/c1-3-5-7-9-13-20-18-12-16-23(15-11-17-24)19(22-18)21-14-10-8-6-4-2/h12,20,24H,3-11,13-17H2,1-2H3,(H,21,22). The number of nitrogens with zero attached hydrogens (tertiary/aromatic N) is 2.